The second-order valence-corrected chi connectivity index (χ2v) is 9.10. The molecule has 0 saturated heterocycles. The van der Waals surface area contributed by atoms with E-state index in [0.717, 1.165) is 18.4 Å². The van der Waals surface area contributed by atoms with Gasteiger partial charge < -0.3 is 10.2 Å². The number of aryl methyl sites for hydroxylation is 1. The average molecular weight is 464 g/mol. The van der Waals surface area contributed by atoms with Crippen LogP contribution in [-0.2, 0) is 4.79 Å². The highest BCUT2D eigenvalue weighted by molar-refractivity contribution is 5.93. The summed E-state index contributed by atoms with van der Waals surface area (Å²) in [6, 6.07) is 14.1. The highest BCUT2D eigenvalue weighted by Gasteiger charge is 2.28. The number of rotatable bonds is 8. The van der Waals surface area contributed by atoms with Gasteiger partial charge in [-0.05, 0) is 57.2 Å². The normalized spacial score (nSPS) is 13.1. The highest BCUT2D eigenvalue weighted by atomic mass is 19.1. The average Bonchev–Trinajstić information content (AvgIpc) is 3.52. The number of hydrogen-bond donors (Lipinski definition) is 2. The summed E-state index contributed by atoms with van der Waals surface area (Å²) >= 11 is 0. The van der Waals surface area contributed by atoms with E-state index in [2.05, 4.69) is 15.6 Å². The van der Waals surface area contributed by atoms with Gasteiger partial charge in [0.15, 0.2) is 0 Å². The Kier molecular flexibility index (Phi) is 6.95. The van der Waals surface area contributed by atoms with Crippen molar-refractivity contribution in [1.29, 1.82) is 0 Å². The number of anilines is 1. The van der Waals surface area contributed by atoms with Gasteiger partial charge in [-0.15, -0.1) is 0 Å². The topological polar surface area (TPSA) is 79.3 Å². The van der Waals surface area contributed by atoms with Gasteiger partial charge in [-0.2, -0.15) is 0 Å². The van der Waals surface area contributed by atoms with Crippen LogP contribution in [0, 0.1) is 18.7 Å². The first-order valence-corrected chi connectivity index (χ1v) is 11.6. The molecule has 0 aliphatic heterocycles. The summed E-state index contributed by atoms with van der Waals surface area (Å²) < 4.78 is 16.0. The minimum Gasteiger partial charge on any atom is -0.336 e. The van der Waals surface area contributed by atoms with Crippen molar-refractivity contribution in [3.05, 3.63) is 66.1 Å². The first-order valence-electron chi connectivity index (χ1n) is 11.6. The van der Waals surface area contributed by atoms with Crippen LogP contribution in [0.4, 0.5) is 15.1 Å². The number of benzene rings is 2. The summed E-state index contributed by atoms with van der Waals surface area (Å²) in [6.45, 7) is 5.91. The summed E-state index contributed by atoms with van der Waals surface area (Å²) in [5.41, 5.74) is 2.59. The van der Waals surface area contributed by atoms with Crippen LogP contribution in [0.2, 0.25) is 0 Å². The van der Waals surface area contributed by atoms with Crippen LogP contribution < -0.4 is 10.6 Å². The predicted molar refractivity (Wildman–Crippen MR) is 130 cm³/mol. The maximum Gasteiger partial charge on any atom is 0.318 e. The third kappa shape index (κ3) is 5.81. The quantitative estimate of drug-likeness (QED) is 0.506. The summed E-state index contributed by atoms with van der Waals surface area (Å²) in [7, 11) is 0. The second-order valence-electron chi connectivity index (χ2n) is 9.10. The molecule has 0 atom stereocenters. The zero-order valence-electron chi connectivity index (χ0n) is 19.7. The minimum atomic E-state index is -0.362. The van der Waals surface area contributed by atoms with E-state index in [1.807, 2.05) is 44.2 Å². The van der Waals surface area contributed by atoms with E-state index in [-0.39, 0.29) is 36.3 Å². The zero-order chi connectivity index (χ0) is 24.2. The Labute approximate surface area is 199 Å². The molecule has 1 aliphatic carbocycles. The molecule has 2 aromatic carbocycles. The van der Waals surface area contributed by atoms with Crippen LogP contribution in [0.1, 0.15) is 32.3 Å². The third-order valence-corrected chi connectivity index (χ3v) is 5.67. The molecule has 7 nitrogen and oxygen atoms in total. The number of nitrogens with one attached hydrogen (secondary N) is 2. The molecule has 34 heavy (non-hydrogen) atoms. The van der Waals surface area contributed by atoms with Gasteiger partial charge >= 0.3 is 6.03 Å². The van der Waals surface area contributed by atoms with Crippen molar-refractivity contribution in [3.8, 4) is 16.9 Å². The standard InChI is InChI=1S/C26H30FN5O2/c1-17(2)28-26(34)31(14-19-10-11-19)16-24(33)30-25-29-23(20-7-5-4-6-8-20)15-32(25)21-12-9-18(3)22(27)13-21/h4-9,12-13,15,17,19H,10-11,14,16H2,1-3H3,(H,28,34)(H,29,30,33). The Morgan fingerprint density at radius 2 is 1.91 bits per heavy atom. The number of carbonyl (C=O) groups is 2. The molecule has 2 N–H and O–H groups in total. The van der Waals surface area contributed by atoms with E-state index in [1.165, 1.54) is 6.07 Å². The SMILES string of the molecule is Cc1ccc(-n2cc(-c3ccccc3)nc2NC(=O)CN(CC2CC2)C(=O)NC(C)C)cc1F. The summed E-state index contributed by atoms with van der Waals surface area (Å²) in [6.07, 6.45) is 3.90. The van der Waals surface area contributed by atoms with E-state index < -0.39 is 0 Å². The lowest BCUT2D eigenvalue weighted by Gasteiger charge is -2.23. The molecule has 1 fully saturated rings. The molecule has 0 unspecified atom stereocenters. The lowest BCUT2D eigenvalue weighted by molar-refractivity contribution is -0.116. The number of imidazole rings is 1. The van der Waals surface area contributed by atoms with E-state index >= 15 is 0 Å². The molecule has 4 rings (SSSR count). The molecule has 0 radical (unpaired) electrons. The number of urea groups is 1. The van der Waals surface area contributed by atoms with E-state index in [0.29, 0.717) is 29.4 Å². The Balaban J connectivity index is 1.60. The van der Waals surface area contributed by atoms with Crippen molar-refractivity contribution >= 4 is 17.9 Å². The van der Waals surface area contributed by atoms with Gasteiger partial charge in [0, 0.05) is 24.3 Å². The molecule has 1 aliphatic rings. The van der Waals surface area contributed by atoms with Gasteiger partial charge in [-0.1, -0.05) is 36.4 Å². The van der Waals surface area contributed by atoms with Crippen LogP contribution in [0.15, 0.2) is 54.7 Å². The van der Waals surface area contributed by atoms with Crippen LogP contribution in [0.5, 0.6) is 0 Å². The van der Waals surface area contributed by atoms with Gasteiger partial charge in [-0.3, -0.25) is 14.7 Å². The lowest BCUT2D eigenvalue weighted by atomic mass is 10.2. The van der Waals surface area contributed by atoms with Crippen LogP contribution in [0.25, 0.3) is 16.9 Å². The van der Waals surface area contributed by atoms with Crippen LogP contribution >= 0.6 is 0 Å². The molecular formula is C26H30FN5O2. The Hall–Kier alpha value is -3.68. The maximum absolute atomic E-state index is 14.3. The van der Waals surface area contributed by atoms with Gasteiger partial charge in [0.2, 0.25) is 11.9 Å². The molecule has 0 spiro atoms. The number of nitrogens with zero attached hydrogens (tertiary/aromatic N) is 3. The number of halogens is 1. The van der Waals surface area contributed by atoms with E-state index in [9.17, 15) is 14.0 Å². The summed E-state index contributed by atoms with van der Waals surface area (Å²) in [4.78, 5) is 31.8. The molecule has 0 bridgehead atoms. The molecule has 178 valence electrons. The number of carbonyl (C=O) groups excluding carboxylic acids is 2. The minimum absolute atomic E-state index is 0.0268. The van der Waals surface area contributed by atoms with Gasteiger partial charge in [-0.25, -0.2) is 14.2 Å². The number of aromatic nitrogens is 2. The fourth-order valence-corrected chi connectivity index (χ4v) is 3.65. The zero-order valence-corrected chi connectivity index (χ0v) is 19.7. The van der Waals surface area contributed by atoms with Crippen molar-refractivity contribution in [3.63, 3.8) is 0 Å². The molecule has 3 aromatic rings. The van der Waals surface area contributed by atoms with Crippen LogP contribution in [-0.4, -0.2) is 45.5 Å². The van der Waals surface area contributed by atoms with Crippen molar-refractivity contribution in [1.82, 2.24) is 19.8 Å². The largest absolute Gasteiger partial charge is 0.336 e. The maximum atomic E-state index is 14.3. The molecule has 8 heteroatoms. The third-order valence-electron chi connectivity index (χ3n) is 5.67. The molecular weight excluding hydrogens is 433 g/mol. The van der Waals surface area contributed by atoms with E-state index in [1.54, 1.807) is 34.7 Å². The molecule has 3 amide bonds. The first-order chi connectivity index (χ1) is 16.3. The van der Waals surface area contributed by atoms with Gasteiger partial charge in [0.1, 0.15) is 12.4 Å². The Morgan fingerprint density at radius 1 is 1.18 bits per heavy atom. The molecule has 1 heterocycles. The Bertz CT molecular complexity index is 1170. The predicted octanol–water partition coefficient (Wildman–Crippen LogP) is 4.76. The second kappa shape index (κ2) is 10.1. The summed E-state index contributed by atoms with van der Waals surface area (Å²) in [5, 5.41) is 5.70. The Morgan fingerprint density at radius 3 is 2.56 bits per heavy atom. The fourth-order valence-electron chi connectivity index (χ4n) is 3.65. The van der Waals surface area contributed by atoms with Gasteiger partial charge in [0.25, 0.3) is 0 Å². The van der Waals surface area contributed by atoms with Crippen molar-refractivity contribution in [2.24, 2.45) is 5.92 Å². The summed E-state index contributed by atoms with van der Waals surface area (Å²) in [5.74, 6) is -0.0000321. The number of amides is 3. The van der Waals surface area contributed by atoms with Gasteiger partial charge in [0.05, 0.1) is 11.4 Å². The lowest BCUT2D eigenvalue weighted by Crippen LogP contribution is -2.47. The monoisotopic (exact) mass is 463 g/mol. The van der Waals surface area contributed by atoms with E-state index in [4.69, 9.17) is 0 Å². The first kappa shape index (κ1) is 23.5. The molecule has 1 aromatic heterocycles. The number of hydrogen-bond acceptors (Lipinski definition) is 3. The molecule has 1 saturated carbocycles. The van der Waals surface area contributed by atoms with Crippen molar-refractivity contribution < 1.29 is 14.0 Å². The smallest absolute Gasteiger partial charge is 0.318 e. The van der Waals surface area contributed by atoms with Crippen molar-refractivity contribution in [2.75, 3.05) is 18.4 Å². The van der Waals surface area contributed by atoms with Crippen LogP contribution in [0.3, 0.4) is 0 Å². The van der Waals surface area contributed by atoms with Crippen molar-refractivity contribution in [2.45, 2.75) is 39.7 Å². The fraction of sp³-hybridized carbons (Fsp3) is 0.346. The highest BCUT2D eigenvalue weighted by Crippen LogP contribution is 2.30.